The number of nitrogens with two attached hydrogens (primary N) is 1. The summed E-state index contributed by atoms with van der Waals surface area (Å²) in [7, 11) is 0. The summed E-state index contributed by atoms with van der Waals surface area (Å²) < 4.78 is 0. The zero-order valence-electron chi connectivity index (χ0n) is 5.14. The Labute approximate surface area is 52.5 Å². The summed E-state index contributed by atoms with van der Waals surface area (Å²) in [6.07, 6.45) is 1.59. The van der Waals surface area contributed by atoms with Crippen molar-refractivity contribution in [2.24, 2.45) is 0 Å². The van der Waals surface area contributed by atoms with E-state index in [0.717, 1.165) is 0 Å². The van der Waals surface area contributed by atoms with E-state index in [1.807, 2.05) is 0 Å². The SMILES string of the molecule is Cc1c[nH]c(N)cc1=O. The van der Waals surface area contributed by atoms with Crippen LogP contribution in [0.4, 0.5) is 5.82 Å². The number of aromatic nitrogens is 1. The molecule has 1 rings (SSSR count). The van der Waals surface area contributed by atoms with E-state index in [1.54, 1.807) is 13.1 Å². The monoisotopic (exact) mass is 124 g/mol. The van der Waals surface area contributed by atoms with Gasteiger partial charge in [-0.1, -0.05) is 0 Å². The molecule has 0 radical (unpaired) electrons. The number of H-pyrrole nitrogens is 1. The lowest BCUT2D eigenvalue weighted by atomic mass is 10.3. The standard InChI is InChI=1S/C6H8N2O/c1-4-3-8-6(7)2-5(4)9/h2-3H,1H3,(H3,7,8,9). The van der Waals surface area contributed by atoms with E-state index in [1.165, 1.54) is 6.07 Å². The van der Waals surface area contributed by atoms with Crippen molar-refractivity contribution in [3.05, 3.63) is 28.0 Å². The maximum absolute atomic E-state index is 10.7. The quantitative estimate of drug-likeness (QED) is 0.521. The first-order valence-corrected chi connectivity index (χ1v) is 2.65. The van der Waals surface area contributed by atoms with Crippen molar-refractivity contribution < 1.29 is 0 Å². The maximum atomic E-state index is 10.7. The van der Waals surface area contributed by atoms with Crippen molar-refractivity contribution in [3.8, 4) is 0 Å². The Morgan fingerprint density at radius 1 is 1.67 bits per heavy atom. The summed E-state index contributed by atoms with van der Waals surface area (Å²) in [5, 5.41) is 0. The van der Waals surface area contributed by atoms with E-state index >= 15 is 0 Å². The molecule has 1 aromatic heterocycles. The van der Waals surface area contributed by atoms with E-state index in [-0.39, 0.29) is 5.43 Å². The van der Waals surface area contributed by atoms with E-state index in [0.29, 0.717) is 11.4 Å². The van der Waals surface area contributed by atoms with Crippen LogP contribution < -0.4 is 11.2 Å². The molecule has 0 aliphatic carbocycles. The number of pyridine rings is 1. The van der Waals surface area contributed by atoms with Gasteiger partial charge in [0.1, 0.15) is 5.82 Å². The van der Waals surface area contributed by atoms with Crippen LogP contribution in [0.5, 0.6) is 0 Å². The Kier molecular flexibility index (Phi) is 1.26. The smallest absolute Gasteiger partial charge is 0.186 e. The molecule has 0 atom stereocenters. The second-order valence-electron chi connectivity index (χ2n) is 1.94. The largest absolute Gasteiger partial charge is 0.385 e. The molecule has 9 heavy (non-hydrogen) atoms. The van der Waals surface area contributed by atoms with Gasteiger partial charge in [-0.3, -0.25) is 4.79 Å². The maximum Gasteiger partial charge on any atom is 0.186 e. The average molecular weight is 124 g/mol. The van der Waals surface area contributed by atoms with E-state index < -0.39 is 0 Å². The third-order valence-electron chi connectivity index (χ3n) is 1.13. The number of aryl methyl sites for hydroxylation is 1. The van der Waals surface area contributed by atoms with Crippen LogP contribution in [-0.2, 0) is 0 Å². The Bertz CT molecular complexity index is 264. The molecule has 48 valence electrons. The molecule has 0 saturated carbocycles. The van der Waals surface area contributed by atoms with E-state index in [4.69, 9.17) is 5.73 Å². The Hall–Kier alpha value is -1.25. The van der Waals surface area contributed by atoms with Crippen LogP contribution in [0.25, 0.3) is 0 Å². The highest BCUT2D eigenvalue weighted by Crippen LogP contribution is 1.89. The highest BCUT2D eigenvalue weighted by Gasteiger charge is 1.89. The van der Waals surface area contributed by atoms with Gasteiger partial charge < -0.3 is 10.7 Å². The number of anilines is 1. The van der Waals surface area contributed by atoms with Gasteiger partial charge >= 0.3 is 0 Å². The van der Waals surface area contributed by atoms with Crippen LogP contribution in [0.2, 0.25) is 0 Å². The molecule has 1 heterocycles. The highest BCUT2D eigenvalue weighted by atomic mass is 16.1. The first-order chi connectivity index (χ1) is 4.20. The van der Waals surface area contributed by atoms with Crippen molar-refractivity contribution in [1.29, 1.82) is 0 Å². The summed E-state index contributed by atoms with van der Waals surface area (Å²) in [4.78, 5) is 13.5. The topological polar surface area (TPSA) is 58.9 Å². The van der Waals surface area contributed by atoms with Crippen LogP contribution in [0.3, 0.4) is 0 Å². The molecular formula is C6H8N2O. The number of nitrogens with one attached hydrogen (secondary N) is 1. The molecule has 3 heteroatoms. The molecule has 0 spiro atoms. The first-order valence-electron chi connectivity index (χ1n) is 2.65. The third kappa shape index (κ3) is 1.10. The zero-order valence-corrected chi connectivity index (χ0v) is 5.14. The van der Waals surface area contributed by atoms with Crippen LogP contribution in [-0.4, -0.2) is 4.98 Å². The Balaban J connectivity index is 3.34. The van der Waals surface area contributed by atoms with Crippen LogP contribution >= 0.6 is 0 Å². The predicted molar refractivity (Wildman–Crippen MR) is 36.2 cm³/mol. The molecule has 0 aliphatic heterocycles. The number of nitrogen functional groups attached to an aromatic ring is 1. The lowest BCUT2D eigenvalue weighted by Gasteiger charge is -1.91. The van der Waals surface area contributed by atoms with Crippen molar-refractivity contribution in [1.82, 2.24) is 4.98 Å². The summed E-state index contributed by atoms with van der Waals surface area (Å²) in [5.41, 5.74) is 5.93. The summed E-state index contributed by atoms with van der Waals surface area (Å²) in [6.45, 7) is 1.73. The van der Waals surface area contributed by atoms with Crippen molar-refractivity contribution in [2.45, 2.75) is 6.92 Å². The van der Waals surface area contributed by atoms with Crippen molar-refractivity contribution >= 4 is 5.82 Å². The number of hydrogen-bond donors (Lipinski definition) is 2. The van der Waals surface area contributed by atoms with E-state index in [2.05, 4.69) is 4.98 Å². The lowest BCUT2D eigenvalue weighted by molar-refractivity contribution is 1.24. The normalized spacial score (nSPS) is 9.44. The number of hydrogen-bond acceptors (Lipinski definition) is 2. The highest BCUT2D eigenvalue weighted by molar-refractivity contribution is 5.28. The third-order valence-corrected chi connectivity index (χ3v) is 1.13. The molecular weight excluding hydrogens is 116 g/mol. The summed E-state index contributed by atoms with van der Waals surface area (Å²) in [6, 6.07) is 1.37. The predicted octanol–water partition coefficient (Wildman–Crippen LogP) is 0.266. The van der Waals surface area contributed by atoms with Crippen LogP contribution in [0, 0.1) is 6.92 Å². The molecule has 0 saturated heterocycles. The van der Waals surface area contributed by atoms with Crippen molar-refractivity contribution in [3.63, 3.8) is 0 Å². The lowest BCUT2D eigenvalue weighted by Crippen LogP contribution is -2.05. The summed E-state index contributed by atoms with van der Waals surface area (Å²) >= 11 is 0. The minimum Gasteiger partial charge on any atom is -0.385 e. The fourth-order valence-electron chi connectivity index (χ4n) is 0.559. The molecule has 3 N–H and O–H groups in total. The van der Waals surface area contributed by atoms with Gasteiger partial charge in [-0.15, -0.1) is 0 Å². The molecule has 0 unspecified atom stereocenters. The minimum absolute atomic E-state index is 0.0220. The van der Waals surface area contributed by atoms with E-state index in [9.17, 15) is 4.79 Å². The van der Waals surface area contributed by atoms with Gasteiger partial charge in [0, 0.05) is 17.8 Å². The molecule has 3 nitrogen and oxygen atoms in total. The fourth-order valence-corrected chi connectivity index (χ4v) is 0.559. The number of aromatic amines is 1. The molecule has 0 fully saturated rings. The first kappa shape index (κ1) is 5.88. The number of rotatable bonds is 0. The van der Waals surface area contributed by atoms with Gasteiger partial charge in [-0.2, -0.15) is 0 Å². The van der Waals surface area contributed by atoms with Crippen LogP contribution in [0.15, 0.2) is 17.1 Å². The van der Waals surface area contributed by atoms with Gasteiger partial charge in [0.15, 0.2) is 5.43 Å². The van der Waals surface area contributed by atoms with Gasteiger partial charge in [-0.05, 0) is 6.92 Å². The fraction of sp³-hybridized carbons (Fsp3) is 0.167. The molecule has 0 aromatic carbocycles. The average Bonchev–Trinajstić information content (AvgIpc) is 1.80. The Morgan fingerprint density at radius 3 is 2.78 bits per heavy atom. The zero-order chi connectivity index (χ0) is 6.85. The Morgan fingerprint density at radius 2 is 2.33 bits per heavy atom. The second kappa shape index (κ2) is 1.93. The molecule has 1 aromatic rings. The van der Waals surface area contributed by atoms with Crippen LogP contribution in [0.1, 0.15) is 5.56 Å². The van der Waals surface area contributed by atoms with Gasteiger partial charge in [-0.25, -0.2) is 0 Å². The second-order valence-corrected chi connectivity index (χ2v) is 1.94. The molecule has 0 aliphatic rings. The van der Waals surface area contributed by atoms with Gasteiger partial charge in [0.25, 0.3) is 0 Å². The summed E-state index contributed by atoms with van der Waals surface area (Å²) in [5.74, 6) is 0.408. The molecule has 0 amide bonds. The minimum atomic E-state index is -0.0220. The molecule has 0 bridgehead atoms. The van der Waals surface area contributed by atoms with Gasteiger partial charge in [0.2, 0.25) is 0 Å². The van der Waals surface area contributed by atoms with Crippen molar-refractivity contribution in [2.75, 3.05) is 5.73 Å². The van der Waals surface area contributed by atoms with Gasteiger partial charge in [0.05, 0.1) is 0 Å².